The average Bonchev–Trinajstić information content (AvgIpc) is 3.00. The molecule has 0 aliphatic carbocycles. The van der Waals surface area contributed by atoms with Gasteiger partial charge in [-0.3, -0.25) is 4.79 Å². The van der Waals surface area contributed by atoms with E-state index in [1.807, 2.05) is 25.1 Å². The molecule has 2 atom stereocenters. The monoisotopic (exact) mass is 415 g/mol. The van der Waals surface area contributed by atoms with Gasteiger partial charge in [0.25, 0.3) is 0 Å². The van der Waals surface area contributed by atoms with E-state index in [1.165, 1.54) is 0 Å². The van der Waals surface area contributed by atoms with E-state index in [2.05, 4.69) is 25.2 Å². The normalized spacial score (nSPS) is 20.0. The number of amides is 1. The fourth-order valence-electron chi connectivity index (χ4n) is 4.14. The number of hydrogen-bond acceptors (Lipinski definition) is 4. The summed E-state index contributed by atoms with van der Waals surface area (Å²) in [6, 6.07) is 9.31. The number of carbonyl (C=O) groups excluding carboxylic acids is 1. The number of halogens is 1. The molecule has 0 aromatic heterocycles. The van der Waals surface area contributed by atoms with Gasteiger partial charge in [-0.2, -0.15) is 0 Å². The van der Waals surface area contributed by atoms with Gasteiger partial charge in [-0.1, -0.05) is 11.6 Å². The number of hydrogen-bond donors (Lipinski definition) is 1. The van der Waals surface area contributed by atoms with Gasteiger partial charge in [0.2, 0.25) is 5.91 Å². The van der Waals surface area contributed by atoms with Crippen molar-refractivity contribution in [2.45, 2.75) is 51.2 Å². The zero-order valence-electron chi connectivity index (χ0n) is 17.2. The van der Waals surface area contributed by atoms with Gasteiger partial charge in [0.1, 0.15) is 11.4 Å². The highest BCUT2D eigenvalue weighted by Crippen LogP contribution is 2.44. The lowest BCUT2D eigenvalue weighted by molar-refractivity contribution is -0.123. The van der Waals surface area contributed by atoms with Crippen LogP contribution in [0.15, 0.2) is 30.3 Å². The molecule has 1 N–H and O–H groups in total. The van der Waals surface area contributed by atoms with Crippen LogP contribution in [0, 0.1) is 0 Å². The third kappa shape index (κ3) is 3.88. The Bertz CT molecular complexity index is 956. The van der Waals surface area contributed by atoms with Crippen molar-refractivity contribution in [2.24, 2.45) is 0 Å². The Morgan fingerprint density at radius 1 is 1.31 bits per heavy atom. The second-order valence-corrected chi connectivity index (χ2v) is 8.79. The summed E-state index contributed by atoms with van der Waals surface area (Å²) in [4.78, 5) is 13.1. The van der Waals surface area contributed by atoms with E-state index in [-0.39, 0.29) is 23.5 Å². The lowest BCUT2D eigenvalue weighted by Gasteiger charge is -2.27. The molecule has 2 aromatic rings. The summed E-state index contributed by atoms with van der Waals surface area (Å²) in [5.41, 5.74) is 2.68. The molecule has 6 heteroatoms. The van der Waals surface area contributed by atoms with Gasteiger partial charge in [0, 0.05) is 22.6 Å². The zero-order chi connectivity index (χ0) is 20.8. The van der Waals surface area contributed by atoms with Gasteiger partial charge < -0.3 is 19.5 Å². The molecule has 0 spiro atoms. The van der Waals surface area contributed by atoms with Gasteiger partial charge in [-0.05, 0) is 63.1 Å². The molecule has 0 saturated heterocycles. The number of carbonyl (C=O) groups is 1. The van der Waals surface area contributed by atoms with Crippen LogP contribution in [0.1, 0.15) is 55.8 Å². The third-order valence-corrected chi connectivity index (χ3v) is 5.79. The zero-order valence-corrected chi connectivity index (χ0v) is 17.9. The lowest BCUT2D eigenvalue weighted by atomic mass is 9.91. The predicted octanol–water partition coefficient (Wildman–Crippen LogP) is 4.81. The standard InChI is InChI=1S/C23H26ClNO4/c1-13(14-9-15-12-23(2,3)29-21(15)20(10-14)27-4)25-22(26)17-7-8-28-19-6-5-16(24)11-18(17)19/h5-6,9-11,13,17H,7-8,12H2,1-4H3,(H,25,26). The minimum Gasteiger partial charge on any atom is -0.493 e. The van der Waals surface area contributed by atoms with E-state index < -0.39 is 0 Å². The first-order valence-electron chi connectivity index (χ1n) is 9.90. The van der Waals surface area contributed by atoms with Crippen LogP contribution in [0.5, 0.6) is 17.2 Å². The van der Waals surface area contributed by atoms with Crippen molar-refractivity contribution in [1.82, 2.24) is 5.32 Å². The molecular weight excluding hydrogens is 390 g/mol. The van der Waals surface area contributed by atoms with Crippen molar-refractivity contribution in [3.63, 3.8) is 0 Å². The van der Waals surface area contributed by atoms with Crippen LogP contribution >= 0.6 is 11.6 Å². The Balaban J connectivity index is 1.56. The van der Waals surface area contributed by atoms with E-state index in [4.69, 9.17) is 25.8 Å². The summed E-state index contributed by atoms with van der Waals surface area (Å²) < 4.78 is 17.3. The minimum atomic E-state index is -0.279. The summed E-state index contributed by atoms with van der Waals surface area (Å²) in [5, 5.41) is 3.76. The maximum atomic E-state index is 13.1. The summed E-state index contributed by atoms with van der Waals surface area (Å²) in [5.74, 6) is 1.92. The highest BCUT2D eigenvalue weighted by molar-refractivity contribution is 6.30. The fraction of sp³-hybridized carbons (Fsp3) is 0.435. The molecule has 4 rings (SSSR count). The number of benzene rings is 2. The molecule has 2 heterocycles. The van der Waals surface area contributed by atoms with Gasteiger partial charge in [-0.15, -0.1) is 0 Å². The Morgan fingerprint density at radius 2 is 2.10 bits per heavy atom. The Morgan fingerprint density at radius 3 is 2.86 bits per heavy atom. The van der Waals surface area contributed by atoms with E-state index in [0.717, 1.165) is 34.6 Å². The second-order valence-electron chi connectivity index (χ2n) is 8.35. The molecule has 29 heavy (non-hydrogen) atoms. The van der Waals surface area contributed by atoms with Gasteiger partial charge in [-0.25, -0.2) is 0 Å². The molecule has 2 aromatic carbocycles. The Labute approximate surface area is 176 Å². The quantitative estimate of drug-likeness (QED) is 0.778. The summed E-state index contributed by atoms with van der Waals surface area (Å²) in [7, 11) is 1.64. The molecule has 5 nitrogen and oxygen atoms in total. The van der Waals surface area contributed by atoms with Crippen LogP contribution in [-0.2, 0) is 11.2 Å². The molecule has 0 radical (unpaired) electrons. The summed E-state index contributed by atoms with van der Waals surface area (Å²) in [6.07, 6.45) is 1.43. The van der Waals surface area contributed by atoms with Crippen LogP contribution in [0.25, 0.3) is 0 Å². The van der Waals surface area contributed by atoms with E-state index in [0.29, 0.717) is 23.8 Å². The molecule has 0 saturated carbocycles. The molecule has 2 aliphatic heterocycles. The number of fused-ring (bicyclic) bond motifs is 2. The van der Waals surface area contributed by atoms with Gasteiger partial charge in [0.15, 0.2) is 11.5 Å². The highest BCUT2D eigenvalue weighted by atomic mass is 35.5. The van der Waals surface area contributed by atoms with E-state index >= 15 is 0 Å². The van der Waals surface area contributed by atoms with Crippen LogP contribution in [0.2, 0.25) is 5.02 Å². The van der Waals surface area contributed by atoms with Crippen molar-refractivity contribution < 1.29 is 19.0 Å². The number of methoxy groups -OCH3 is 1. The van der Waals surface area contributed by atoms with Gasteiger partial charge in [0.05, 0.1) is 25.7 Å². The minimum absolute atomic E-state index is 0.0274. The summed E-state index contributed by atoms with van der Waals surface area (Å²) in [6.45, 7) is 6.62. The van der Waals surface area contributed by atoms with Gasteiger partial charge >= 0.3 is 0 Å². The first-order valence-corrected chi connectivity index (χ1v) is 10.3. The van der Waals surface area contributed by atoms with Crippen molar-refractivity contribution in [1.29, 1.82) is 0 Å². The largest absolute Gasteiger partial charge is 0.493 e. The second kappa shape index (κ2) is 7.45. The van der Waals surface area contributed by atoms with Crippen molar-refractivity contribution in [2.75, 3.05) is 13.7 Å². The first kappa shape index (κ1) is 19.9. The third-order valence-electron chi connectivity index (χ3n) is 5.56. The smallest absolute Gasteiger partial charge is 0.228 e. The predicted molar refractivity (Wildman–Crippen MR) is 112 cm³/mol. The number of rotatable bonds is 4. The van der Waals surface area contributed by atoms with E-state index in [1.54, 1.807) is 13.2 Å². The number of ether oxygens (including phenoxy) is 3. The molecule has 2 aliphatic rings. The maximum absolute atomic E-state index is 13.1. The Kier molecular flexibility index (Phi) is 5.11. The topological polar surface area (TPSA) is 56.8 Å². The van der Waals surface area contributed by atoms with Crippen LogP contribution in [0.3, 0.4) is 0 Å². The van der Waals surface area contributed by atoms with E-state index in [9.17, 15) is 4.79 Å². The first-order chi connectivity index (χ1) is 13.8. The SMILES string of the molecule is COc1cc(C(C)NC(=O)C2CCOc3ccc(Cl)cc32)cc2c1OC(C)(C)C2. The van der Waals surface area contributed by atoms with Crippen LogP contribution < -0.4 is 19.5 Å². The van der Waals surface area contributed by atoms with Crippen LogP contribution in [-0.4, -0.2) is 25.2 Å². The molecular formula is C23H26ClNO4. The van der Waals surface area contributed by atoms with Crippen molar-refractivity contribution in [3.8, 4) is 17.2 Å². The average molecular weight is 416 g/mol. The molecule has 0 fully saturated rings. The maximum Gasteiger partial charge on any atom is 0.228 e. The van der Waals surface area contributed by atoms with Crippen molar-refractivity contribution >= 4 is 17.5 Å². The van der Waals surface area contributed by atoms with Crippen LogP contribution in [0.4, 0.5) is 0 Å². The molecule has 1 amide bonds. The van der Waals surface area contributed by atoms with Crippen molar-refractivity contribution in [3.05, 3.63) is 52.0 Å². The molecule has 2 unspecified atom stereocenters. The molecule has 154 valence electrons. The Hall–Kier alpha value is -2.40. The lowest BCUT2D eigenvalue weighted by Crippen LogP contribution is -2.34. The highest BCUT2D eigenvalue weighted by Gasteiger charge is 2.34. The number of nitrogens with one attached hydrogen (secondary N) is 1. The summed E-state index contributed by atoms with van der Waals surface area (Å²) >= 11 is 6.15. The molecule has 0 bridgehead atoms. The fourth-order valence-corrected chi connectivity index (χ4v) is 4.32.